The molecule has 0 aliphatic rings. The van der Waals surface area contributed by atoms with Gasteiger partial charge in [-0.1, -0.05) is 13.0 Å². The number of nitrogens with two attached hydrogens (primary N) is 1. The summed E-state index contributed by atoms with van der Waals surface area (Å²) in [6.07, 6.45) is 2.43. The zero-order valence-electron chi connectivity index (χ0n) is 11.4. The molecule has 1 rings (SSSR count). The Labute approximate surface area is 113 Å². The van der Waals surface area contributed by atoms with Crippen LogP contribution in [0.2, 0.25) is 0 Å². The Kier molecular flexibility index (Phi) is 5.73. The Bertz CT molecular complexity index is 469. The van der Waals surface area contributed by atoms with E-state index in [2.05, 4.69) is 4.74 Å². The molecule has 1 aromatic carbocycles. The molecule has 0 atom stereocenters. The molecular weight excluding hydrogens is 246 g/mol. The number of hydrogen-bond donors (Lipinski definition) is 1. The van der Waals surface area contributed by atoms with Crippen molar-refractivity contribution in [1.82, 2.24) is 0 Å². The van der Waals surface area contributed by atoms with E-state index in [4.69, 9.17) is 15.2 Å². The first kappa shape index (κ1) is 14.9. The highest BCUT2D eigenvalue weighted by atomic mass is 16.5. The molecule has 104 valence electrons. The van der Waals surface area contributed by atoms with E-state index < -0.39 is 5.97 Å². The highest BCUT2D eigenvalue weighted by Gasteiger charge is 2.07. The van der Waals surface area contributed by atoms with E-state index in [-0.39, 0.29) is 5.70 Å². The summed E-state index contributed by atoms with van der Waals surface area (Å²) < 4.78 is 15.3. The molecule has 0 aromatic heterocycles. The van der Waals surface area contributed by atoms with Gasteiger partial charge in [0.25, 0.3) is 0 Å². The largest absolute Gasteiger partial charge is 0.493 e. The number of esters is 1. The highest BCUT2D eigenvalue weighted by Crippen LogP contribution is 2.28. The van der Waals surface area contributed by atoms with Crippen molar-refractivity contribution in [3.63, 3.8) is 0 Å². The van der Waals surface area contributed by atoms with E-state index in [9.17, 15) is 4.79 Å². The fraction of sp³-hybridized carbons (Fsp3) is 0.357. The highest BCUT2D eigenvalue weighted by molar-refractivity contribution is 5.92. The molecule has 0 amide bonds. The zero-order chi connectivity index (χ0) is 14.3. The lowest BCUT2D eigenvalue weighted by Crippen LogP contribution is -2.12. The molecule has 1 aromatic rings. The second-order valence-electron chi connectivity index (χ2n) is 3.85. The van der Waals surface area contributed by atoms with Crippen LogP contribution in [0.1, 0.15) is 18.9 Å². The van der Waals surface area contributed by atoms with E-state index in [1.807, 2.05) is 6.92 Å². The third kappa shape index (κ3) is 4.21. The molecule has 2 N–H and O–H groups in total. The lowest BCUT2D eigenvalue weighted by molar-refractivity contribution is -0.136. The summed E-state index contributed by atoms with van der Waals surface area (Å²) in [6.45, 7) is 2.61. The number of carbonyl (C=O) groups is 1. The summed E-state index contributed by atoms with van der Waals surface area (Å²) in [4.78, 5) is 11.2. The van der Waals surface area contributed by atoms with Gasteiger partial charge in [0.05, 0.1) is 20.8 Å². The standard InChI is InChI=1S/C14H19NO4/c1-4-7-19-13-9-10(5-6-12(13)17-2)8-11(15)14(16)18-3/h5-6,8-9H,4,7,15H2,1-3H3/b11-8-. The van der Waals surface area contributed by atoms with Crippen LogP contribution in [0.5, 0.6) is 11.5 Å². The Morgan fingerprint density at radius 3 is 2.63 bits per heavy atom. The molecular formula is C14H19NO4. The van der Waals surface area contributed by atoms with Crippen LogP contribution in [-0.4, -0.2) is 26.8 Å². The summed E-state index contributed by atoms with van der Waals surface area (Å²) >= 11 is 0. The molecule has 0 spiro atoms. The molecule has 0 saturated carbocycles. The summed E-state index contributed by atoms with van der Waals surface area (Å²) in [7, 11) is 2.86. The maximum absolute atomic E-state index is 11.2. The molecule has 5 nitrogen and oxygen atoms in total. The van der Waals surface area contributed by atoms with Crippen LogP contribution in [0.25, 0.3) is 6.08 Å². The van der Waals surface area contributed by atoms with Gasteiger partial charge in [-0.2, -0.15) is 0 Å². The van der Waals surface area contributed by atoms with Crippen molar-refractivity contribution in [1.29, 1.82) is 0 Å². The van der Waals surface area contributed by atoms with E-state index >= 15 is 0 Å². The van der Waals surface area contributed by atoms with E-state index in [0.29, 0.717) is 18.1 Å². The van der Waals surface area contributed by atoms with Gasteiger partial charge in [0, 0.05) is 0 Å². The quantitative estimate of drug-likeness (QED) is 0.629. The molecule has 0 bridgehead atoms. The van der Waals surface area contributed by atoms with Gasteiger partial charge in [-0.05, 0) is 30.2 Å². The van der Waals surface area contributed by atoms with Crippen LogP contribution in [0, 0.1) is 0 Å². The molecule has 0 aliphatic heterocycles. The van der Waals surface area contributed by atoms with Crippen molar-refractivity contribution in [2.75, 3.05) is 20.8 Å². The minimum Gasteiger partial charge on any atom is -0.493 e. The topological polar surface area (TPSA) is 70.8 Å². The smallest absolute Gasteiger partial charge is 0.353 e. The Morgan fingerprint density at radius 1 is 1.32 bits per heavy atom. The summed E-state index contributed by atoms with van der Waals surface area (Å²) in [5.74, 6) is 0.699. The van der Waals surface area contributed by atoms with Crippen molar-refractivity contribution in [2.24, 2.45) is 5.73 Å². The van der Waals surface area contributed by atoms with Crippen molar-refractivity contribution in [3.8, 4) is 11.5 Å². The number of ether oxygens (including phenoxy) is 3. The Hall–Kier alpha value is -2.17. The van der Waals surface area contributed by atoms with Crippen molar-refractivity contribution >= 4 is 12.0 Å². The Morgan fingerprint density at radius 2 is 2.05 bits per heavy atom. The third-order valence-electron chi connectivity index (χ3n) is 2.39. The second-order valence-corrected chi connectivity index (χ2v) is 3.85. The lowest BCUT2D eigenvalue weighted by Gasteiger charge is -2.10. The maximum Gasteiger partial charge on any atom is 0.353 e. The van der Waals surface area contributed by atoms with Crippen LogP contribution in [-0.2, 0) is 9.53 Å². The Balaban J connectivity index is 3.00. The molecule has 0 saturated heterocycles. The number of methoxy groups -OCH3 is 2. The minimum atomic E-state index is -0.563. The fourth-order valence-electron chi connectivity index (χ4n) is 1.46. The van der Waals surface area contributed by atoms with Crippen LogP contribution < -0.4 is 15.2 Å². The molecule has 0 fully saturated rings. The second kappa shape index (κ2) is 7.31. The van der Waals surface area contributed by atoms with Gasteiger partial charge in [-0.15, -0.1) is 0 Å². The predicted molar refractivity (Wildman–Crippen MR) is 73.0 cm³/mol. The monoisotopic (exact) mass is 265 g/mol. The fourth-order valence-corrected chi connectivity index (χ4v) is 1.46. The van der Waals surface area contributed by atoms with Gasteiger partial charge in [-0.25, -0.2) is 4.79 Å². The predicted octanol–water partition coefficient (Wildman–Crippen LogP) is 1.96. The first-order chi connectivity index (χ1) is 9.12. The number of hydrogen-bond acceptors (Lipinski definition) is 5. The van der Waals surface area contributed by atoms with Crippen molar-refractivity contribution in [2.45, 2.75) is 13.3 Å². The van der Waals surface area contributed by atoms with Gasteiger partial charge < -0.3 is 19.9 Å². The number of carbonyl (C=O) groups excluding carboxylic acids is 1. The van der Waals surface area contributed by atoms with E-state index in [0.717, 1.165) is 12.0 Å². The first-order valence-corrected chi connectivity index (χ1v) is 5.98. The molecule has 5 heteroatoms. The minimum absolute atomic E-state index is 0.0362. The average Bonchev–Trinajstić information content (AvgIpc) is 2.44. The average molecular weight is 265 g/mol. The van der Waals surface area contributed by atoms with Gasteiger partial charge >= 0.3 is 5.97 Å². The summed E-state index contributed by atoms with van der Waals surface area (Å²) in [5, 5.41) is 0. The summed E-state index contributed by atoms with van der Waals surface area (Å²) in [5.41, 5.74) is 6.38. The van der Waals surface area contributed by atoms with Crippen LogP contribution in [0.4, 0.5) is 0 Å². The summed E-state index contributed by atoms with van der Waals surface area (Å²) in [6, 6.07) is 5.32. The van der Waals surface area contributed by atoms with Crippen LogP contribution in [0.15, 0.2) is 23.9 Å². The van der Waals surface area contributed by atoms with Gasteiger partial charge in [0.2, 0.25) is 0 Å². The molecule has 0 radical (unpaired) electrons. The zero-order valence-corrected chi connectivity index (χ0v) is 11.4. The van der Waals surface area contributed by atoms with Gasteiger partial charge in [-0.3, -0.25) is 0 Å². The van der Waals surface area contributed by atoms with Gasteiger partial charge in [0.1, 0.15) is 5.70 Å². The molecule has 0 unspecified atom stereocenters. The molecule has 0 heterocycles. The normalized spacial score (nSPS) is 11.0. The molecule has 19 heavy (non-hydrogen) atoms. The van der Waals surface area contributed by atoms with E-state index in [1.165, 1.54) is 13.2 Å². The van der Waals surface area contributed by atoms with Crippen LogP contribution >= 0.6 is 0 Å². The maximum atomic E-state index is 11.2. The molecule has 0 aliphatic carbocycles. The lowest BCUT2D eigenvalue weighted by atomic mass is 10.1. The third-order valence-corrected chi connectivity index (χ3v) is 2.39. The van der Waals surface area contributed by atoms with Crippen molar-refractivity contribution < 1.29 is 19.0 Å². The SMILES string of the molecule is CCCOc1cc(/C=C(\N)C(=O)OC)ccc1OC. The van der Waals surface area contributed by atoms with Crippen LogP contribution in [0.3, 0.4) is 0 Å². The number of benzene rings is 1. The van der Waals surface area contributed by atoms with Crippen molar-refractivity contribution in [3.05, 3.63) is 29.5 Å². The van der Waals surface area contributed by atoms with E-state index in [1.54, 1.807) is 25.3 Å². The van der Waals surface area contributed by atoms with Gasteiger partial charge in [0.15, 0.2) is 11.5 Å². The number of rotatable bonds is 6. The first-order valence-electron chi connectivity index (χ1n) is 5.98.